The van der Waals surface area contributed by atoms with Crippen molar-refractivity contribution in [2.24, 2.45) is 0 Å². The third-order valence-electron chi connectivity index (χ3n) is 4.26. The zero-order valence-corrected chi connectivity index (χ0v) is 17.7. The lowest BCUT2D eigenvalue weighted by atomic mass is 10.2. The van der Waals surface area contributed by atoms with E-state index >= 15 is 0 Å². The molecule has 1 heterocycles. The van der Waals surface area contributed by atoms with Crippen LogP contribution in [-0.4, -0.2) is 52.8 Å². The summed E-state index contributed by atoms with van der Waals surface area (Å²) < 4.78 is 37.3. The first-order valence-electron chi connectivity index (χ1n) is 8.60. The van der Waals surface area contributed by atoms with Gasteiger partial charge in [0, 0.05) is 10.6 Å². The maximum absolute atomic E-state index is 12.8. The van der Waals surface area contributed by atoms with Gasteiger partial charge < -0.3 is 9.47 Å². The van der Waals surface area contributed by atoms with E-state index in [4.69, 9.17) is 0 Å². The number of ether oxygens (including phenoxy) is 2. The second-order valence-corrected chi connectivity index (χ2v) is 8.85. The van der Waals surface area contributed by atoms with E-state index in [-0.39, 0.29) is 34.4 Å². The Morgan fingerprint density at radius 2 is 1.80 bits per heavy atom. The summed E-state index contributed by atoms with van der Waals surface area (Å²) in [5.41, 5.74) is 0.853. The molecule has 30 heavy (non-hydrogen) atoms. The zero-order valence-electron chi connectivity index (χ0n) is 16.1. The average molecular weight is 450 g/mol. The fourth-order valence-electron chi connectivity index (χ4n) is 2.72. The Morgan fingerprint density at radius 1 is 1.10 bits per heavy atom. The first kappa shape index (κ1) is 21.7. The highest BCUT2D eigenvalue weighted by molar-refractivity contribution is 8.00. The van der Waals surface area contributed by atoms with Crippen molar-refractivity contribution < 1.29 is 32.3 Å². The minimum atomic E-state index is -3.99. The van der Waals surface area contributed by atoms with E-state index in [1.807, 2.05) is 0 Å². The highest BCUT2D eigenvalue weighted by atomic mass is 32.2. The average Bonchev–Trinajstić information content (AvgIpc) is 2.74. The molecule has 158 valence electrons. The predicted molar refractivity (Wildman–Crippen MR) is 110 cm³/mol. The van der Waals surface area contributed by atoms with Crippen molar-refractivity contribution in [1.82, 2.24) is 0 Å². The van der Waals surface area contributed by atoms with Crippen LogP contribution in [0.15, 0.2) is 52.3 Å². The van der Waals surface area contributed by atoms with E-state index in [9.17, 15) is 22.8 Å². The molecule has 1 amide bonds. The number of rotatable bonds is 6. The van der Waals surface area contributed by atoms with Crippen LogP contribution in [0.5, 0.6) is 0 Å². The zero-order chi connectivity index (χ0) is 21.9. The Bertz CT molecular complexity index is 1100. The summed E-state index contributed by atoms with van der Waals surface area (Å²) >= 11 is 1.26. The number of benzene rings is 2. The number of methoxy groups -OCH3 is 2. The van der Waals surface area contributed by atoms with Crippen LogP contribution in [0, 0.1) is 0 Å². The molecule has 3 rings (SSSR count). The molecule has 0 aliphatic carbocycles. The molecule has 0 bridgehead atoms. The fourth-order valence-corrected chi connectivity index (χ4v) is 4.72. The number of nitrogens with zero attached hydrogens (tertiary/aromatic N) is 1. The van der Waals surface area contributed by atoms with Crippen molar-refractivity contribution in [2.75, 3.05) is 36.1 Å². The third-order valence-corrected chi connectivity index (χ3v) is 6.68. The van der Waals surface area contributed by atoms with Gasteiger partial charge in [-0.1, -0.05) is 0 Å². The first-order chi connectivity index (χ1) is 14.2. The van der Waals surface area contributed by atoms with Gasteiger partial charge >= 0.3 is 11.9 Å². The summed E-state index contributed by atoms with van der Waals surface area (Å²) in [4.78, 5) is 37.2. The normalized spacial score (nSPS) is 13.4. The number of carbonyl (C=O) groups is 3. The number of hydrogen-bond donors (Lipinski definition) is 1. The highest BCUT2D eigenvalue weighted by Gasteiger charge is 2.29. The SMILES string of the molecule is COC(=O)CN1C(=O)CSc2ccc(S(=O)(=O)Nc3ccc(C(=O)OC)cc3)cc21. The van der Waals surface area contributed by atoms with E-state index < -0.39 is 22.0 Å². The van der Waals surface area contributed by atoms with Crippen LogP contribution in [-0.2, 0) is 29.1 Å². The smallest absolute Gasteiger partial charge is 0.337 e. The fraction of sp³-hybridized carbons (Fsp3) is 0.211. The van der Waals surface area contributed by atoms with Crippen LogP contribution in [0.25, 0.3) is 0 Å². The molecule has 0 aromatic heterocycles. The lowest BCUT2D eigenvalue weighted by molar-refractivity contribution is -0.139. The van der Waals surface area contributed by atoms with Gasteiger partial charge in [0.15, 0.2) is 0 Å². The summed E-state index contributed by atoms with van der Waals surface area (Å²) in [5.74, 6) is -1.33. The van der Waals surface area contributed by atoms with Gasteiger partial charge in [0.2, 0.25) is 5.91 Å². The maximum atomic E-state index is 12.8. The van der Waals surface area contributed by atoms with Crippen LogP contribution in [0.3, 0.4) is 0 Å². The van der Waals surface area contributed by atoms with Gasteiger partial charge in [-0.25, -0.2) is 13.2 Å². The maximum Gasteiger partial charge on any atom is 0.337 e. The number of amides is 1. The van der Waals surface area contributed by atoms with E-state index in [0.717, 1.165) is 0 Å². The number of esters is 2. The highest BCUT2D eigenvalue weighted by Crippen LogP contribution is 2.37. The van der Waals surface area contributed by atoms with Crippen LogP contribution in [0.4, 0.5) is 11.4 Å². The summed E-state index contributed by atoms with van der Waals surface area (Å²) in [6, 6.07) is 10.1. The molecule has 1 aliphatic heterocycles. The minimum Gasteiger partial charge on any atom is -0.468 e. The Morgan fingerprint density at radius 3 is 2.43 bits per heavy atom. The predicted octanol–water partition coefficient (Wildman–Crippen LogP) is 1.89. The van der Waals surface area contributed by atoms with Gasteiger partial charge in [-0.2, -0.15) is 0 Å². The molecule has 0 atom stereocenters. The molecule has 2 aromatic carbocycles. The van der Waals surface area contributed by atoms with Gasteiger partial charge in [-0.15, -0.1) is 11.8 Å². The van der Waals surface area contributed by atoms with Crippen molar-refractivity contribution in [3.05, 3.63) is 48.0 Å². The summed E-state index contributed by atoms with van der Waals surface area (Å²) in [7, 11) is -1.53. The lowest BCUT2D eigenvalue weighted by Crippen LogP contribution is -2.39. The molecular formula is C19H18N2O7S2. The quantitative estimate of drug-likeness (QED) is 0.663. The largest absolute Gasteiger partial charge is 0.468 e. The third kappa shape index (κ3) is 4.57. The topological polar surface area (TPSA) is 119 Å². The van der Waals surface area contributed by atoms with Crippen LogP contribution in [0.2, 0.25) is 0 Å². The molecule has 0 saturated carbocycles. The van der Waals surface area contributed by atoms with Crippen molar-refractivity contribution in [3.8, 4) is 0 Å². The van der Waals surface area contributed by atoms with Crippen molar-refractivity contribution >= 4 is 51.0 Å². The minimum absolute atomic E-state index is 0.0801. The van der Waals surface area contributed by atoms with E-state index in [1.54, 1.807) is 6.07 Å². The number of carbonyl (C=O) groups excluding carboxylic acids is 3. The monoisotopic (exact) mass is 450 g/mol. The van der Waals surface area contributed by atoms with Crippen LogP contribution < -0.4 is 9.62 Å². The Kier molecular flexibility index (Phi) is 6.32. The van der Waals surface area contributed by atoms with Gasteiger partial charge in [-0.05, 0) is 42.5 Å². The summed E-state index contributed by atoms with van der Waals surface area (Å²) in [5, 5.41) is 0. The number of nitrogens with one attached hydrogen (secondary N) is 1. The number of fused-ring (bicyclic) bond motifs is 1. The van der Waals surface area contributed by atoms with Gasteiger partial charge in [-0.3, -0.25) is 19.2 Å². The lowest BCUT2D eigenvalue weighted by Gasteiger charge is -2.28. The second-order valence-electron chi connectivity index (χ2n) is 6.15. The molecule has 1 N–H and O–H groups in total. The molecular weight excluding hydrogens is 432 g/mol. The molecule has 0 saturated heterocycles. The molecule has 0 spiro atoms. The molecule has 0 fully saturated rings. The Balaban J connectivity index is 1.89. The van der Waals surface area contributed by atoms with Gasteiger partial charge in [0.05, 0.1) is 36.1 Å². The van der Waals surface area contributed by atoms with Crippen LogP contribution in [0.1, 0.15) is 10.4 Å². The standard InChI is InChI=1S/C19H18N2O7S2/c1-27-18(23)10-21-15-9-14(7-8-16(15)29-11-17(21)22)30(25,26)20-13-5-3-12(4-6-13)19(24)28-2/h3-9,20H,10-11H2,1-2H3. The van der Waals surface area contributed by atoms with Gasteiger partial charge in [0.25, 0.3) is 10.0 Å². The number of anilines is 2. The van der Waals surface area contributed by atoms with E-state index in [2.05, 4.69) is 14.2 Å². The van der Waals surface area contributed by atoms with Crippen molar-refractivity contribution in [1.29, 1.82) is 0 Å². The molecule has 2 aromatic rings. The molecule has 0 unspecified atom stereocenters. The number of thioether (sulfide) groups is 1. The van der Waals surface area contributed by atoms with E-state index in [0.29, 0.717) is 10.6 Å². The molecule has 0 radical (unpaired) electrons. The van der Waals surface area contributed by atoms with Crippen molar-refractivity contribution in [3.63, 3.8) is 0 Å². The molecule has 11 heteroatoms. The summed E-state index contributed by atoms with van der Waals surface area (Å²) in [6.45, 7) is -0.311. The second kappa shape index (κ2) is 8.76. The first-order valence-corrected chi connectivity index (χ1v) is 11.1. The van der Waals surface area contributed by atoms with Gasteiger partial charge in [0.1, 0.15) is 6.54 Å². The van der Waals surface area contributed by atoms with E-state index in [1.165, 1.54) is 67.3 Å². The number of sulfonamides is 1. The van der Waals surface area contributed by atoms with Crippen LogP contribution >= 0.6 is 11.8 Å². The Labute approximate surface area is 177 Å². The van der Waals surface area contributed by atoms with Crippen molar-refractivity contribution in [2.45, 2.75) is 9.79 Å². The molecule has 1 aliphatic rings. The number of hydrogen-bond acceptors (Lipinski definition) is 8. The Hall–Kier alpha value is -3.05. The molecule has 9 nitrogen and oxygen atoms in total. The summed E-state index contributed by atoms with van der Waals surface area (Å²) in [6.07, 6.45) is 0.